The standard InChI is InChI=1S/C17H21BrN2/c1-12-4-6-14(7-5-12)11-20(3)17-9-8-15(13(2)19)10-16(17)18/h4-10,13H,11,19H2,1-3H3/t13-/m1/s1. The molecular weight excluding hydrogens is 312 g/mol. The van der Waals surface area contributed by atoms with Gasteiger partial charge in [-0.15, -0.1) is 0 Å². The molecule has 2 rings (SSSR count). The van der Waals surface area contributed by atoms with Crippen LogP contribution in [0.3, 0.4) is 0 Å². The zero-order chi connectivity index (χ0) is 14.7. The van der Waals surface area contributed by atoms with E-state index in [4.69, 9.17) is 5.73 Å². The predicted octanol–water partition coefficient (Wildman–Crippen LogP) is 4.41. The highest BCUT2D eigenvalue weighted by molar-refractivity contribution is 9.10. The summed E-state index contributed by atoms with van der Waals surface area (Å²) in [4.78, 5) is 2.24. The molecule has 0 heterocycles. The fraction of sp³-hybridized carbons (Fsp3) is 0.294. The average molecular weight is 333 g/mol. The summed E-state index contributed by atoms with van der Waals surface area (Å²) in [6.45, 7) is 4.99. The minimum atomic E-state index is 0.0581. The molecule has 0 radical (unpaired) electrons. The second kappa shape index (κ2) is 6.42. The molecule has 0 unspecified atom stereocenters. The molecule has 3 heteroatoms. The smallest absolute Gasteiger partial charge is 0.0511 e. The highest BCUT2D eigenvalue weighted by atomic mass is 79.9. The second-order valence-corrected chi connectivity index (χ2v) is 6.20. The van der Waals surface area contributed by atoms with Crippen LogP contribution in [0.1, 0.15) is 29.7 Å². The van der Waals surface area contributed by atoms with E-state index in [-0.39, 0.29) is 6.04 Å². The summed E-state index contributed by atoms with van der Waals surface area (Å²) in [5.41, 5.74) is 10.8. The van der Waals surface area contributed by atoms with Crippen LogP contribution >= 0.6 is 15.9 Å². The molecule has 2 N–H and O–H groups in total. The van der Waals surface area contributed by atoms with Gasteiger partial charge in [0.2, 0.25) is 0 Å². The topological polar surface area (TPSA) is 29.3 Å². The third-order valence-corrected chi connectivity index (χ3v) is 4.08. The van der Waals surface area contributed by atoms with E-state index in [0.717, 1.165) is 16.6 Å². The van der Waals surface area contributed by atoms with Gasteiger partial charge in [0, 0.05) is 24.1 Å². The van der Waals surface area contributed by atoms with E-state index in [9.17, 15) is 0 Å². The summed E-state index contributed by atoms with van der Waals surface area (Å²) in [6, 6.07) is 15.0. The molecule has 2 aromatic rings. The SMILES string of the molecule is Cc1ccc(CN(C)c2ccc([C@@H](C)N)cc2Br)cc1. The van der Waals surface area contributed by atoms with Crippen molar-refractivity contribution in [1.29, 1.82) is 0 Å². The van der Waals surface area contributed by atoms with Gasteiger partial charge >= 0.3 is 0 Å². The zero-order valence-electron chi connectivity index (χ0n) is 12.2. The van der Waals surface area contributed by atoms with Gasteiger partial charge in [-0.25, -0.2) is 0 Å². The number of halogens is 1. The van der Waals surface area contributed by atoms with E-state index in [2.05, 4.69) is 77.3 Å². The molecule has 0 aromatic heterocycles. The Labute approximate surface area is 129 Å². The van der Waals surface area contributed by atoms with Crippen LogP contribution in [0.5, 0.6) is 0 Å². The van der Waals surface area contributed by atoms with E-state index < -0.39 is 0 Å². The molecule has 2 nitrogen and oxygen atoms in total. The van der Waals surface area contributed by atoms with Crippen LogP contribution in [0.15, 0.2) is 46.9 Å². The van der Waals surface area contributed by atoms with Gasteiger partial charge in [0.25, 0.3) is 0 Å². The Morgan fingerprint density at radius 1 is 1.15 bits per heavy atom. The third kappa shape index (κ3) is 3.62. The molecule has 0 bridgehead atoms. The van der Waals surface area contributed by atoms with Crippen molar-refractivity contribution in [3.8, 4) is 0 Å². The van der Waals surface area contributed by atoms with E-state index in [1.54, 1.807) is 0 Å². The molecule has 0 fully saturated rings. The summed E-state index contributed by atoms with van der Waals surface area (Å²) in [6.07, 6.45) is 0. The summed E-state index contributed by atoms with van der Waals surface area (Å²) >= 11 is 3.64. The van der Waals surface area contributed by atoms with Crippen molar-refractivity contribution < 1.29 is 0 Å². The molecule has 0 saturated carbocycles. The van der Waals surface area contributed by atoms with Crippen LogP contribution in [0, 0.1) is 6.92 Å². The highest BCUT2D eigenvalue weighted by Crippen LogP contribution is 2.29. The van der Waals surface area contributed by atoms with Gasteiger partial charge in [-0.3, -0.25) is 0 Å². The Kier molecular flexibility index (Phi) is 4.84. The number of rotatable bonds is 4. The number of aryl methyl sites for hydroxylation is 1. The minimum absolute atomic E-state index is 0.0581. The number of hydrogen-bond acceptors (Lipinski definition) is 2. The second-order valence-electron chi connectivity index (χ2n) is 5.34. The lowest BCUT2D eigenvalue weighted by molar-refractivity contribution is 0.816. The Bertz CT molecular complexity index is 576. The predicted molar refractivity (Wildman–Crippen MR) is 90.0 cm³/mol. The van der Waals surface area contributed by atoms with Crippen LogP contribution < -0.4 is 10.6 Å². The Morgan fingerprint density at radius 2 is 1.80 bits per heavy atom. The summed E-state index contributed by atoms with van der Waals surface area (Å²) in [5.74, 6) is 0. The largest absolute Gasteiger partial charge is 0.369 e. The van der Waals surface area contributed by atoms with Crippen LogP contribution in [0.4, 0.5) is 5.69 Å². The highest BCUT2D eigenvalue weighted by Gasteiger charge is 2.09. The number of nitrogens with two attached hydrogens (primary N) is 1. The van der Waals surface area contributed by atoms with E-state index in [1.165, 1.54) is 16.8 Å². The monoisotopic (exact) mass is 332 g/mol. The first-order valence-electron chi connectivity index (χ1n) is 6.79. The average Bonchev–Trinajstić information content (AvgIpc) is 2.41. The molecule has 0 saturated heterocycles. The van der Waals surface area contributed by atoms with Crippen LogP contribution in [-0.2, 0) is 6.54 Å². The van der Waals surface area contributed by atoms with Crippen LogP contribution in [0.25, 0.3) is 0 Å². The summed E-state index contributed by atoms with van der Waals surface area (Å²) < 4.78 is 1.09. The lowest BCUT2D eigenvalue weighted by atomic mass is 10.1. The Balaban J connectivity index is 2.16. The van der Waals surface area contributed by atoms with Crippen molar-refractivity contribution in [1.82, 2.24) is 0 Å². The minimum Gasteiger partial charge on any atom is -0.369 e. The molecule has 0 spiro atoms. The van der Waals surface area contributed by atoms with E-state index in [1.807, 2.05) is 6.92 Å². The molecule has 0 aliphatic rings. The van der Waals surface area contributed by atoms with Crippen LogP contribution in [0.2, 0.25) is 0 Å². The maximum absolute atomic E-state index is 5.91. The number of hydrogen-bond donors (Lipinski definition) is 1. The van der Waals surface area contributed by atoms with Gasteiger partial charge in [-0.05, 0) is 53.0 Å². The van der Waals surface area contributed by atoms with E-state index in [0.29, 0.717) is 0 Å². The first-order valence-corrected chi connectivity index (χ1v) is 7.58. The quantitative estimate of drug-likeness (QED) is 0.898. The normalized spacial score (nSPS) is 12.2. The molecular formula is C17H21BrN2. The fourth-order valence-corrected chi connectivity index (χ4v) is 2.87. The molecule has 0 aliphatic carbocycles. The third-order valence-electron chi connectivity index (χ3n) is 3.45. The van der Waals surface area contributed by atoms with Gasteiger partial charge < -0.3 is 10.6 Å². The first-order chi connectivity index (χ1) is 9.47. The van der Waals surface area contributed by atoms with Crippen molar-refractivity contribution in [2.75, 3.05) is 11.9 Å². The lowest BCUT2D eigenvalue weighted by Crippen LogP contribution is -2.17. The molecule has 1 atom stereocenters. The van der Waals surface area contributed by atoms with E-state index >= 15 is 0 Å². The van der Waals surface area contributed by atoms with Crippen molar-refractivity contribution in [3.05, 3.63) is 63.6 Å². The van der Waals surface area contributed by atoms with Crippen molar-refractivity contribution in [2.24, 2.45) is 5.73 Å². The molecule has 0 amide bonds. The summed E-state index contributed by atoms with van der Waals surface area (Å²) in [5, 5.41) is 0. The Hall–Kier alpha value is -1.32. The maximum atomic E-state index is 5.91. The van der Waals surface area contributed by atoms with Gasteiger partial charge in [0.05, 0.1) is 5.69 Å². The first kappa shape index (κ1) is 15.1. The van der Waals surface area contributed by atoms with Gasteiger partial charge in [0.1, 0.15) is 0 Å². The maximum Gasteiger partial charge on any atom is 0.0511 e. The number of anilines is 1. The number of nitrogens with zero attached hydrogens (tertiary/aromatic N) is 1. The molecule has 20 heavy (non-hydrogen) atoms. The molecule has 2 aromatic carbocycles. The van der Waals surface area contributed by atoms with Gasteiger partial charge in [-0.2, -0.15) is 0 Å². The van der Waals surface area contributed by atoms with Crippen molar-refractivity contribution in [3.63, 3.8) is 0 Å². The Morgan fingerprint density at radius 3 is 2.35 bits per heavy atom. The fourth-order valence-electron chi connectivity index (χ4n) is 2.17. The number of benzene rings is 2. The zero-order valence-corrected chi connectivity index (χ0v) is 13.8. The molecule has 0 aliphatic heterocycles. The van der Waals surface area contributed by atoms with Gasteiger partial charge in [-0.1, -0.05) is 35.9 Å². The lowest BCUT2D eigenvalue weighted by Gasteiger charge is -2.22. The molecule has 106 valence electrons. The van der Waals surface area contributed by atoms with Gasteiger partial charge in [0.15, 0.2) is 0 Å². The van der Waals surface area contributed by atoms with Crippen molar-refractivity contribution in [2.45, 2.75) is 26.4 Å². The van der Waals surface area contributed by atoms with Crippen molar-refractivity contribution >= 4 is 21.6 Å². The van der Waals surface area contributed by atoms with Crippen LogP contribution in [-0.4, -0.2) is 7.05 Å². The summed E-state index contributed by atoms with van der Waals surface area (Å²) in [7, 11) is 2.10.